The van der Waals surface area contributed by atoms with Crippen molar-refractivity contribution in [3.05, 3.63) is 34.3 Å². The van der Waals surface area contributed by atoms with Gasteiger partial charge < -0.3 is 10.1 Å². The number of hydrogen-bond donors (Lipinski definition) is 1. The topological polar surface area (TPSA) is 21.3 Å². The van der Waals surface area contributed by atoms with Gasteiger partial charge in [-0.1, -0.05) is 17.7 Å². The van der Waals surface area contributed by atoms with Gasteiger partial charge in [-0.3, -0.25) is 0 Å². The normalized spacial score (nSPS) is 24.2. The van der Waals surface area contributed by atoms with Crippen LogP contribution in [0.15, 0.2) is 18.2 Å². The van der Waals surface area contributed by atoms with Gasteiger partial charge in [0.05, 0.1) is 6.10 Å². The molecule has 0 radical (unpaired) electrons. The number of methoxy groups -OCH3 is 1. The molecule has 0 spiro atoms. The summed E-state index contributed by atoms with van der Waals surface area (Å²) in [5.41, 5.74) is 2.50. The maximum atomic E-state index is 6.07. The fraction of sp³-hybridized carbons (Fsp3) is 0.600. The van der Waals surface area contributed by atoms with Crippen LogP contribution in [0.3, 0.4) is 0 Å². The average molecular weight is 268 g/mol. The van der Waals surface area contributed by atoms with Gasteiger partial charge in [0.2, 0.25) is 0 Å². The van der Waals surface area contributed by atoms with Crippen LogP contribution in [0, 0.1) is 6.92 Å². The third-order valence-electron chi connectivity index (χ3n) is 3.70. The Labute approximate surface area is 115 Å². The molecule has 1 aliphatic rings. The van der Waals surface area contributed by atoms with E-state index in [4.69, 9.17) is 16.3 Å². The molecule has 0 saturated heterocycles. The maximum absolute atomic E-state index is 6.07. The Bertz CT molecular complexity index is 366. The van der Waals surface area contributed by atoms with Crippen LogP contribution in [-0.4, -0.2) is 19.3 Å². The van der Waals surface area contributed by atoms with E-state index in [1.807, 2.05) is 19.2 Å². The predicted molar refractivity (Wildman–Crippen MR) is 76.1 cm³/mol. The van der Waals surface area contributed by atoms with Crippen molar-refractivity contribution in [3.63, 3.8) is 0 Å². The van der Waals surface area contributed by atoms with E-state index in [2.05, 4.69) is 18.3 Å². The Morgan fingerprint density at radius 3 is 2.56 bits per heavy atom. The zero-order chi connectivity index (χ0) is 13.0. The summed E-state index contributed by atoms with van der Waals surface area (Å²) in [6, 6.07) is 6.85. The van der Waals surface area contributed by atoms with Crippen LogP contribution >= 0.6 is 11.6 Å². The Balaban J connectivity index is 1.81. The smallest absolute Gasteiger partial charge is 0.0572 e. The minimum absolute atomic E-state index is 0.469. The molecule has 0 amide bonds. The summed E-state index contributed by atoms with van der Waals surface area (Å²) < 4.78 is 5.39. The molecule has 18 heavy (non-hydrogen) atoms. The SMILES string of the molecule is COC1CCC(NCc2cc(C)cc(Cl)c2)CC1. The average Bonchev–Trinajstić information content (AvgIpc) is 2.36. The highest BCUT2D eigenvalue weighted by atomic mass is 35.5. The third-order valence-corrected chi connectivity index (χ3v) is 3.92. The summed E-state index contributed by atoms with van der Waals surface area (Å²) in [5, 5.41) is 4.45. The molecule has 1 aromatic carbocycles. The van der Waals surface area contributed by atoms with Crippen molar-refractivity contribution in [1.82, 2.24) is 5.32 Å². The van der Waals surface area contributed by atoms with Crippen LogP contribution < -0.4 is 5.32 Å². The highest BCUT2D eigenvalue weighted by molar-refractivity contribution is 6.30. The predicted octanol–water partition coefficient (Wildman–Crippen LogP) is 3.70. The Morgan fingerprint density at radius 1 is 1.22 bits per heavy atom. The highest BCUT2D eigenvalue weighted by Gasteiger charge is 2.20. The molecule has 0 atom stereocenters. The number of nitrogens with one attached hydrogen (secondary N) is 1. The zero-order valence-corrected chi connectivity index (χ0v) is 12.0. The molecular weight excluding hydrogens is 246 g/mol. The van der Waals surface area contributed by atoms with Gasteiger partial charge in [-0.15, -0.1) is 0 Å². The van der Waals surface area contributed by atoms with Gasteiger partial charge in [0, 0.05) is 24.7 Å². The lowest BCUT2D eigenvalue weighted by Gasteiger charge is -2.28. The first-order valence-corrected chi connectivity index (χ1v) is 7.07. The van der Waals surface area contributed by atoms with E-state index in [0.29, 0.717) is 12.1 Å². The van der Waals surface area contributed by atoms with Gasteiger partial charge in [0.25, 0.3) is 0 Å². The van der Waals surface area contributed by atoms with E-state index >= 15 is 0 Å². The largest absolute Gasteiger partial charge is 0.381 e. The van der Waals surface area contributed by atoms with Crippen molar-refractivity contribution in [2.45, 2.75) is 51.3 Å². The summed E-state index contributed by atoms with van der Waals surface area (Å²) in [6.45, 7) is 2.99. The molecule has 2 nitrogen and oxygen atoms in total. The zero-order valence-electron chi connectivity index (χ0n) is 11.2. The van der Waals surface area contributed by atoms with Gasteiger partial charge in [-0.05, 0) is 55.9 Å². The summed E-state index contributed by atoms with van der Waals surface area (Å²) in [4.78, 5) is 0. The second-order valence-corrected chi connectivity index (χ2v) is 5.66. The van der Waals surface area contributed by atoms with Crippen molar-refractivity contribution in [3.8, 4) is 0 Å². The van der Waals surface area contributed by atoms with Crippen molar-refractivity contribution < 1.29 is 4.74 Å². The van der Waals surface area contributed by atoms with Gasteiger partial charge in [-0.25, -0.2) is 0 Å². The second-order valence-electron chi connectivity index (χ2n) is 5.23. The van der Waals surface area contributed by atoms with E-state index in [1.54, 1.807) is 0 Å². The summed E-state index contributed by atoms with van der Waals surface area (Å²) in [7, 11) is 1.81. The summed E-state index contributed by atoms with van der Waals surface area (Å²) in [6.07, 6.45) is 5.22. The molecule has 0 heterocycles. The Morgan fingerprint density at radius 2 is 1.94 bits per heavy atom. The number of rotatable bonds is 4. The molecule has 1 fully saturated rings. The fourth-order valence-corrected chi connectivity index (χ4v) is 2.99. The standard InChI is InChI=1S/C15H22ClNO/c1-11-7-12(9-13(16)8-11)10-17-14-3-5-15(18-2)6-4-14/h7-9,14-15,17H,3-6,10H2,1-2H3. The third kappa shape index (κ3) is 3.98. The Kier molecular flexibility index (Phi) is 5.04. The maximum Gasteiger partial charge on any atom is 0.0572 e. The number of hydrogen-bond acceptors (Lipinski definition) is 2. The molecule has 3 heteroatoms. The fourth-order valence-electron chi connectivity index (χ4n) is 2.68. The molecule has 0 unspecified atom stereocenters. The molecule has 1 saturated carbocycles. The van der Waals surface area contributed by atoms with Gasteiger partial charge >= 0.3 is 0 Å². The lowest BCUT2D eigenvalue weighted by atomic mass is 9.93. The first-order chi connectivity index (χ1) is 8.67. The molecule has 1 aromatic rings. The van der Waals surface area contributed by atoms with Crippen molar-refractivity contribution in [2.24, 2.45) is 0 Å². The first kappa shape index (κ1) is 13.9. The van der Waals surface area contributed by atoms with Gasteiger partial charge in [0.1, 0.15) is 0 Å². The quantitative estimate of drug-likeness (QED) is 0.898. The van der Waals surface area contributed by atoms with E-state index < -0.39 is 0 Å². The monoisotopic (exact) mass is 267 g/mol. The molecule has 0 aliphatic heterocycles. The molecular formula is C15H22ClNO. The number of ether oxygens (including phenoxy) is 1. The van der Waals surface area contributed by atoms with Crippen molar-refractivity contribution in [1.29, 1.82) is 0 Å². The van der Waals surface area contributed by atoms with E-state index in [-0.39, 0.29) is 0 Å². The molecule has 1 aliphatic carbocycles. The number of aryl methyl sites for hydroxylation is 1. The molecule has 2 rings (SSSR count). The summed E-state index contributed by atoms with van der Waals surface area (Å²) >= 11 is 6.07. The number of halogens is 1. The van der Waals surface area contributed by atoms with Gasteiger partial charge in [0.15, 0.2) is 0 Å². The minimum Gasteiger partial charge on any atom is -0.381 e. The lowest BCUT2D eigenvalue weighted by Crippen LogP contribution is -2.34. The minimum atomic E-state index is 0.469. The van der Waals surface area contributed by atoms with Gasteiger partial charge in [-0.2, -0.15) is 0 Å². The first-order valence-electron chi connectivity index (χ1n) is 6.69. The van der Waals surface area contributed by atoms with E-state index in [0.717, 1.165) is 11.6 Å². The van der Waals surface area contributed by atoms with Crippen LogP contribution in [0.25, 0.3) is 0 Å². The van der Waals surface area contributed by atoms with E-state index in [1.165, 1.54) is 36.8 Å². The van der Waals surface area contributed by atoms with E-state index in [9.17, 15) is 0 Å². The van der Waals surface area contributed by atoms with Crippen LogP contribution in [0.2, 0.25) is 5.02 Å². The van der Waals surface area contributed by atoms with Crippen LogP contribution in [-0.2, 0) is 11.3 Å². The van der Waals surface area contributed by atoms with Crippen molar-refractivity contribution >= 4 is 11.6 Å². The van der Waals surface area contributed by atoms with Crippen LogP contribution in [0.4, 0.5) is 0 Å². The second kappa shape index (κ2) is 6.55. The lowest BCUT2D eigenvalue weighted by molar-refractivity contribution is 0.0624. The molecule has 100 valence electrons. The molecule has 0 bridgehead atoms. The highest BCUT2D eigenvalue weighted by Crippen LogP contribution is 2.21. The number of benzene rings is 1. The Hall–Kier alpha value is -0.570. The summed E-state index contributed by atoms with van der Waals surface area (Å²) in [5.74, 6) is 0. The molecule has 0 aromatic heterocycles. The van der Waals surface area contributed by atoms with Crippen molar-refractivity contribution in [2.75, 3.05) is 7.11 Å². The van der Waals surface area contributed by atoms with Crippen LogP contribution in [0.5, 0.6) is 0 Å². The van der Waals surface area contributed by atoms with Crippen LogP contribution in [0.1, 0.15) is 36.8 Å². The molecule has 1 N–H and O–H groups in total.